The highest BCUT2D eigenvalue weighted by atomic mass is 14.7. The number of nitrogens with zero attached hydrogens (tertiary/aromatic N) is 1. The molecule has 1 unspecified atom stereocenters. The Bertz CT molecular complexity index is 367. The van der Waals surface area contributed by atoms with Gasteiger partial charge < -0.3 is 5.73 Å². The molecule has 1 fully saturated rings. The molecule has 1 aromatic rings. The Morgan fingerprint density at radius 3 is 2.71 bits per heavy atom. The van der Waals surface area contributed by atoms with Gasteiger partial charge in [0.25, 0.3) is 0 Å². The van der Waals surface area contributed by atoms with Crippen LogP contribution < -0.4 is 5.73 Å². The van der Waals surface area contributed by atoms with Crippen molar-refractivity contribution in [2.24, 2.45) is 11.1 Å². The van der Waals surface area contributed by atoms with Crippen LogP contribution in [-0.4, -0.2) is 11.0 Å². The summed E-state index contributed by atoms with van der Waals surface area (Å²) >= 11 is 0. The van der Waals surface area contributed by atoms with Crippen molar-refractivity contribution in [1.29, 1.82) is 0 Å². The molecule has 2 N–H and O–H groups in total. The highest BCUT2D eigenvalue weighted by Crippen LogP contribution is 2.38. The van der Waals surface area contributed by atoms with Crippen LogP contribution in [0.2, 0.25) is 0 Å². The van der Waals surface area contributed by atoms with Crippen molar-refractivity contribution in [3.8, 4) is 0 Å². The van der Waals surface area contributed by atoms with Gasteiger partial charge in [0, 0.05) is 24.4 Å². The maximum Gasteiger partial charge on any atom is 0.0448 e. The molecule has 0 bridgehead atoms. The molecule has 94 valence electrons. The normalized spacial score (nSPS) is 21.1. The molecule has 1 aliphatic carbocycles. The second-order valence-electron chi connectivity index (χ2n) is 5.79. The van der Waals surface area contributed by atoms with E-state index in [9.17, 15) is 0 Å². The summed E-state index contributed by atoms with van der Waals surface area (Å²) < 4.78 is 0. The molecule has 0 aromatic carbocycles. The standard InChI is InChI=1S/C15H24N2/c1-12-7-6-10-17-13(12)11-14(16)15(2)8-4-3-5-9-15/h6-7,10,14H,3-5,8-9,11,16H2,1-2H3. The van der Waals surface area contributed by atoms with E-state index < -0.39 is 0 Å². The number of hydrogen-bond acceptors (Lipinski definition) is 2. The van der Waals surface area contributed by atoms with Crippen molar-refractivity contribution < 1.29 is 0 Å². The van der Waals surface area contributed by atoms with E-state index in [1.54, 1.807) is 0 Å². The molecule has 1 aromatic heterocycles. The molecule has 0 amide bonds. The monoisotopic (exact) mass is 232 g/mol. The van der Waals surface area contributed by atoms with Gasteiger partial charge in [0.15, 0.2) is 0 Å². The van der Waals surface area contributed by atoms with Crippen LogP contribution in [0.5, 0.6) is 0 Å². The first-order chi connectivity index (χ1) is 8.12. The number of nitrogens with two attached hydrogens (primary N) is 1. The molecule has 0 aliphatic heterocycles. The second kappa shape index (κ2) is 5.18. The summed E-state index contributed by atoms with van der Waals surface area (Å²) in [6.45, 7) is 4.48. The summed E-state index contributed by atoms with van der Waals surface area (Å²) in [6.07, 6.45) is 9.41. The molecule has 1 aliphatic rings. The molecule has 1 saturated carbocycles. The molecule has 2 rings (SSSR count). The first-order valence-corrected chi connectivity index (χ1v) is 6.78. The molecule has 0 radical (unpaired) electrons. The molecule has 0 spiro atoms. The van der Waals surface area contributed by atoms with Gasteiger partial charge in [0.05, 0.1) is 0 Å². The quantitative estimate of drug-likeness (QED) is 0.869. The molecular weight excluding hydrogens is 208 g/mol. The average molecular weight is 232 g/mol. The lowest BCUT2D eigenvalue weighted by molar-refractivity contribution is 0.168. The van der Waals surface area contributed by atoms with E-state index in [1.165, 1.54) is 43.4 Å². The van der Waals surface area contributed by atoms with Crippen molar-refractivity contribution in [3.05, 3.63) is 29.6 Å². The zero-order valence-corrected chi connectivity index (χ0v) is 11.1. The highest BCUT2D eigenvalue weighted by Gasteiger charge is 2.33. The van der Waals surface area contributed by atoms with Crippen LogP contribution in [0.1, 0.15) is 50.3 Å². The minimum atomic E-state index is 0.247. The maximum absolute atomic E-state index is 6.44. The van der Waals surface area contributed by atoms with Crippen LogP contribution in [0.3, 0.4) is 0 Å². The SMILES string of the molecule is Cc1cccnc1CC(N)C1(C)CCCCC1. The van der Waals surface area contributed by atoms with Crippen molar-refractivity contribution in [2.75, 3.05) is 0 Å². The Labute approximate surface area is 105 Å². The largest absolute Gasteiger partial charge is 0.327 e. The third kappa shape index (κ3) is 2.86. The topological polar surface area (TPSA) is 38.9 Å². The van der Waals surface area contributed by atoms with E-state index in [1.807, 2.05) is 12.3 Å². The van der Waals surface area contributed by atoms with Crippen molar-refractivity contribution in [3.63, 3.8) is 0 Å². The number of pyridine rings is 1. The number of aromatic nitrogens is 1. The van der Waals surface area contributed by atoms with Gasteiger partial charge in [-0.15, -0.1) is 0 Å². The molecule has 1 atom stereocenters. The smallest absolute Gasteiger partial charge is 0.0448 e. The van der Waals surface area contributed by atoms with E-state index >= 15 is 0 Å². The Hall–Kier alpha value is -0.890. The Balaban J connectivity index is 2.05. The Morgan fingerprint density at radius 1 is 1.35 bits per heavy atom. The lowest BCUT2D eigenvalue weighted by Crippen LogP contribution is -2.42. The van der Waals surface area contributed by atoms with Gasteiger partial charge in [0.1, 0.15) is 0 Å². The molecule has 2 heteroatoms. The van der Waals surface area contributed by atoms with Crippen LogP contribution >= 0.6 is 0 Å². The van der Waals surface area contributed by atoms with Gasteiger partial charge in [-0.25, -0.2) is 0 Å². The van der Waals surface area contributed by atoms with Gasteiger partial charge in [0.2, 0.25) is 0 Å². The maximum atomic E-state index is 6.44. The van der Waals surface area contributed by atoms with Gasteiger partial charge in [-0.05, 0) is 36.8 Å². The summed E-state index contributed by atoms with van der Waals surface area (Å²) in [6, 6.07) is 4.36. The van der Waals surface area contributed by atoms with Crippen LogP contribution in [0.25, 0.3) is 0 Å². The summed E-state index contributed by atoms with van der Waals surface area (Å²) in [4.78, 5) is 4.46. The van der Waals surface area contributed by atoms with Gasteiger partial charge in [-0.1, -0.05) is 32.3 Å². The van der Waals surface area contributed by atoms with E-state index in [2.05, 4.69) is 24.9 Å². The molecule has 0 saturated heterocycles. The first kappa shape index (κ1) is 12.6. The molecule has 17 heavy (non-hydrogen) atoms. The fourth-order valence-electron chi connectivity index (χ4n) is 2.92. The predicted octanol–water partition coefficient (Wildman–Crippen LogP) is 3.23. The van der Waals surface area contributed by atoms with E-state index in [0.717, 1.165) is 6.42 Å². The van der Waals surface area contributed by atoms with Crippen LogP contribution in [0.15, 0.2) is 18.3 Å². The Kier molecular flexibility index (Phi) is 3.82. The number of rotatable bonds is 3. The number of aryl methyl sites for hydroxylation is 1. The summed E-state index contributed by atoms with van der Waals surface area (Å²) in [7, 11) is 0. The number of hydrogen-bond donors (Lipinski definition) is 1. The first-order valence-electron chi connectivity index (χ1n) is 6.78. The predicted molar refractivity (Wildman–Crippen MR) is 71.8 cm³/mol. The second-order valence-corrected chi connectivity index (χ2v) is 5.79. The summed E-state index contributed by atoms with van der Waals surface area (Å²) in [5.41, 5.74) is 9.20. The van der Waals surface area contributed by atoms with Crippen molar-refractivity contribution in [1.82, 2.24) is 4.98 Å². The van der Waals surface area contributed by atoms with Crippen molar-refractivity contribution in [2.45, 2.75) is 58.4 Å². The molecule has 2 nitrogen and oxygen atoms in total. The fraction of sp³-hybridized carbons (Fsp3) is 0.667. The average Bonchev–Trinajstić information content (AvgIpc) is 2.33. The molecule has 1 heterocycles. The lowest BCUT2D eigenvalue weighted by Gasteiger charge is -2.39. The minimum Gasteiger partial charge on any atom is -0.327 e. The zero-order valence-electron chi connectivity index (χ0n) is 11.1. The van der Waals surface area contributed by atoms with E-state index in [0.29, 0.717) is 5.41 Å². The minimum absolute atomic E-state index is 0.247. The van der Waals surface area contributed by atoms with Gasteiger partial charge in [-0.3, -0.25) is 4.98 Å². The van der Waals surface area contributed by atoms with Crippen LogP contribution in [0.4, 0.5) is 0 Å². The highest BCUT2D eigenvalue weighted by molar-refractivity contribution is 5.19. The fourth-order valence-corrected chi connectivity index (χ4v) is 2.92. The van der Waals surface area contributed by atoms with Crippen LogP contribution in [0, 0.1) is 12.3 Å². The third-order valence-electron chi connectivity index (χ3n) is 4.42. The third-order valence-corrected chi connectivity index (χ3v) is 4.42. The molecular formula is C15H24N2. The van der Waals surface area contributed by atoms with E-state index in [-0.39, 0.29) is 6.04 Å². The summed E-state index contributed by atoms with van der Waals surface area (Å²) in [5, 5.41) is 0. The van der Waals surface area contributed by atoms with Crippen LogP contribution in [-0.2, 0) is 6.42 Å². The lowest BCUT2D eigenvalue weighted by atomic mass is 9.69. The van der Waals surface area contributed by atoms with Gasteiger partial charge >= 0.3 is 0 Å². The van der Waals surface area contributed by atoms with E-state index in [4.69, 9.17) is 5.73 Å². The summed E-state index contributed by atoms with van der Waals surface area (Å²) in [5.74, 6) is 0. The Morgan fingerprint density at radius 2 is 2.06 bits per heavy atom. The zero-order chi connectivity index (χ0) is 12.3. The van der Waals surface area contributed by atoms with Crippen molar-refractivity contribution >= 4 is 0 Å². The van der Waals surface area contributed by atoms with Gasteiger partial charge in [-0.2, -0.15) is 0 Å².